The molecule has 0 spiro atoms. The minimum atomic E-state index is -1.11. The molecule has 7 heteroatoms. The lowest BCUT2D eigenvalue weighted by molar-refractivity contribution is 0.183. The Morgan fingerprint density at radius 2 is 1.78 bits per heavy atom. The Balaban J connectivity index is 1.85. The second kappa shape index (κ2) is 8.73. The molecule has 0 fully saturated rings. The highest BCUT2D eigenvalue weighted by atomic mass is 19.2. The predicted octanol–water partition coefficient (Wildman–Crippen LogP) is 4.52. The van der Waals surface area contributed by atoms with Crippen molar-refractivity contribution < 1.29 is 22.6 Å². The Hall–Kier alpha value is -2.80. The van der Waals surface area contributed by atoms with Gasteiger partial charge in [0.25, 0.3) is 0 Å². The topological polar surface area (TPSA) is 36.3 Å². The Kier molecular flexibility index (Phi) is 6.13. The molecule has 0 saturated carbocycles. The fourth-order valence-corrected chi connectivity index (χ4v) is 2.67. The average Bonchev–Trinajstić information content (AvgIpc) is 3.11. The van der Waals surface area contributed by atoms with Crippen LogP contribution in [0.4, 0.5) is 13.2 Å². The zero-order valence-electron chi connectivity index (χ0n) is 14.8. The molecular formula is C20H19F3N2O2. The molecule has 0 amide bonds. The summed E-state index contributed by atoms with van der Waals surface area (Å²) in [5.74, 6) is -2.41. The molecule has 0 saturated heterocycles. The Labute approximate surface area is 155 Å². The second-order valence-electron chi connectivity index (χ2n) is 5.89. The van der Waals surface area contributed by atoms with Crippen LogP contribution in [0, 0.1) is 11.6 Å². The average molecular weight is 376 g/mol. The molecule has 3 aromatic rings. The van der Waals surface area contributed by atoms with Crippen molar-refractivity contribution in [3.8, 4) is 16.9 Å². The van der Waals surface area contributed by atoms with E-state index in [1.54, 1.807) is 0 Å². The van der Waals surface area contributed by atoms with Crippen LogP contribution in [0.5, 0.6) is 5.75 Å². The monoisotopic (exact) mass is 376 g/mol. The Morgan fingerprint density at radius 1 is 1.00 bits per heavy atom. The summed E-state index contributed by atoms with van der Waals surface area (Å²) in [6.07, 6.45) is 1.48. The van der Waals surface area contributed by atoms with Crippen LogP contribution in [0.25, 0.3) is 11.1 Å². The lowest BCUT2D eigenvalue weighted by Gasteiger charge is -2.10. The molecule has 0 bridgehead atoms. The molecule has 0 unspecified atom stereocenters. The number of alkyl halides is 1. The lowest BCUT2D eigenvalue weighted by atomic mass is 10.1. The number of hydrogen-bond acceptors (Lipinski definition) is 3. The Bertz CT molecular complexity index is 898. The molecule has 0 aliphatic heterocycles. The minimum Gasteiger partial charge on any atom is -0.486 e. The summed E-state index contributed by atoms with van der Waals surface area (Å²) in [7, 11) is 1.53. The van der Waals surface area contributed by atoms with Crippen LogP contribution in [-0.4, -0.2) is 23.5 Å². The molecule has 2 aromatic carbocycles. The van der Waals surface area contributed by atoms with Gasteiger partial charge in [-0.25, -0.2) is 8.78 Å². The van der Waals surface area contributed by atoms with E-state index in [2.05, 4.69) is 5.10 Å². The van der Waals surface area contributed by atoms with Gasteiger partial charge >= 0.3 is 0 Å². The molecule has 0 N–H and O–H groups in total. The van der Waals surface area contributed by atoms with Crippen LogP contribution >= 0.6 is 0 Å². The van der Waals surface area contributed by atoms with E-state index in [0.29, 0.717) is 13.2 Å². The summed E-state index contributed by atoms with van der Waals surface area (Å²) in [5, 5.41) is 4.05. The number of methoxy groups -OCH3 is 1. The summed E-state index contributed by atoms with van der Waals surface area (Å²) in [6, 6.07) is 11.9. The van der Waals surface area contributed by atoms with Gasteiger partial charge in [-0.2, -0.15) is 9.49 Å². The van der Waals surface area contributed by atoms with Crippen LogP contribution in [0.2, 0.25) is 0 Å². The van der Waals surface area contributed by atoms with E-state index in [-0.39, 0.29) is 29.2 Å². The predicted molar refractivity (Wildman–Crippen MR) is 95.0 cm³/mol. The van der Waals surface area contributed by atoms with Gasteiger partial charge in [0.2, 0.25) is 5.82 Å². The van der Waals surface area contributed by atoms with E-state index in [0.717, 1.165) is 5.56 Å². The number of rotatable bonds is 8. The molecule has 1 aromatic heterocycles. The van der Waals surface area contributed by atoms with Gasteiger partial charge in [-0.3, -0.25) is 4.68 Å². The highest BCUT2D eigenvalue weighted by molar-refractivity contribution is 5.67. The maximum atomic E-state index is 14.6. The zero-order valence-corrected chi connectivity index (χ0v) is 14.8. The van der Waals surface area contributed by atoms with Crippen molar-refractivity contribution >= 4 is 0 Å². The van der Waals surface area contributed by atoms with Gasteiger partial charge in [0.1, 0.15) is 19.0 Å². The lowest BCUT2D eigenvalue weighted by Crippen LogP contribution is -2.04. The zero-order chi connectivity index (χ0) is 19.2. The van der Waals surface area contributed by atoms with Gasteiger partial charge in [-0.15, -0.1) is 0 Å². The van der Waals surface area contributed by atoms with E-state index in [1.807, 2.05) is 30.3 Å². The fourth-order valence-electron chi connectivity index (χ4n) is 2.67. The van der Waals surface area contributed by atoms with E-state index < -0.39 is 18.3 Å². The summed E-state index contributed by atoms with van der Waals surface area (Å²) < 4.78 is 54.1. The van der Waals surface area contributed by atoms with Gasteiger partial charge in [0.15, 0.2) is 11.6 Å². The van der Waals surface area contributed by atoms with Gasteiger partial charge < -0.3 is 9.47 Å². The second-order valence-corrected chi connectivity index (χ2v) is 5.89. The van der Waals surface area contributed by atoms with Crippen molar-refractivity contribution in [2.24, 2.45) is 0 Å². The minimum absolute atomic E-state index is 0.0438. The molecule has 0 atom stereocenters. The quantitative estimate of drug-likeness (QED) is 0.580. The molecule has 142 valence electrons. The van der Waals surface area contributed by atoms with Crippen molar-refractivity contribution in [2.45, 2.75) is 19.8 Å². The molecule has 0 aliphatic carbocycles. The number of aromatic nitrogens is 2. The van der Waals surface area contributed by atoms with E-state index in [4.69, 9.17) is 9.47 Å². The van der Waals surface area contributed by atoms with Crippen molar-refractivity contribution in [2.75, 3.05) is 13.7 Å². The van der Waals surface area contributed by atoms with Crippen molar-refractivity contribution in [1.82, 2.24) is 9.78 Å². The third kappa shape index (κ3) is 4.31. The van der Waals surface area contributed by atoms with Crippen molar-refractivity contribution in [3.05, 3.63) is 71.6 Å². The van der Waals surface area contributed by atoms with E-state index in [1.165, 1.54) is 30.1 Å². The normalized spacial score (nSPS) is 11.0. The van der Waals surface area contributed by atoms with Gasteiger partial charge in [0, 0.05) is 24.4 Å². The maximum Gasteiger partial charge on any atom is 0.201 e. The molecule has 0 aliphatic rings. The summed E-state index contributed by atoms with van der Waals surface area (Å²) in [5.41, 5.74) is 1.03. The first-order valence-electron chi connectivity index (χ1n) is 8.40. The largest absolute Gasteiger partial charge is 0.486 e. The van der Waals surface area contributed by atoms with Gasteiger partial charge in [0.05, 0.1) is 13.2 Å². The molecular weight excluding hydrogens is 357 g/mol. The molecule has 27 heavy (non-hydrogen) atoms. The third-order valence-electron chi connectivity index (χ3n) is 4.06. The first-order valence-corrected chi connectivity index (χ1v) is 8.40. The highest BCUT2D eigenvalue weighted by Gasteiger charge is 2.20. The van der Waals surface area contributed by atoms with Gasteiger partial charge in [-0.1, -0.05) is 30.3 Å². The summed E-state index contributed by atoms with van der Waals surface area (Å²) >= 11 is 0. The van der Waals surface area contributed by atoms with Crippen molar-refractivity contribution in [3.63, 3.8) is 0 Å². The third-order valence-corrected chi connectivity index (χ3v) is 4.06. The number of halogens is 3. The number of benzene rings is 2. The van der Waals surface area contributed by atoms with Crippen LogP contribution < -0.4 is 4.74 Å². The first-order chi connectivity index (χ1) is 13.1. The molecule has 4 nitrogen and oxygen atoms in total. The number of nitrogens with zero attached hydrogens (tertiary/aromatic N) is 2. The highest BCUT2D eigenvalue weighted by Crippen LogP contribution is 2.32. The molecule has 0 radical (unpaired) electrons. The van der Waals surface area contributed by atoms with E-state index >= 15 is 0 Å². The smallest absolute Gasteiger partial charge is 0.201 e. The van der Waals surface area contributed by atoms with E-state index in [9.17, 15) is 13.2 Å². The molecule has 1 heterocycles. The van der Waals surface area contributed by atoms with Crippen LogP contribution in [-0.2, 0) is 24.6 Å². The van der Waals surface area contributed by atoms with Crippen LogP contribution in [0.3, 0.4) is 0 Å². The first kappa shape index (κ1) is 19.0. The molecule has 3 rings (SSSR count). The Morgan fingerprint density at radius 3 is 2.48 bits per heavy atom. The standard InChI is InChI=1S/C20H19F3N2O2/c1-26-10-9-25-12-16(17(11-21)24-25)15-7-8-18(20(23)19(15)22)27-13-14-5-3-2-4-6-14/h2-8,12H,9-11,13H2,1H3. The van der Waals surface area contributed by atoms with Crippen LogP contribution in [0.15, 0.2) is 48.7 Å². The fraction of sp³-hybridized carbons (Fsp3) is 0.250. The number of hydrogen-bond donors (Lipinski definition) is 0. The SMILES string of the molecule is COCCn1cc(-c2ccc(OCc3ccccc3)c(F)c2F)c(CF)n1. The summed E-state index contributed by atoms with van der Waals surface area (Å²) in [6.45, 7) is -0.0221. The van der Waals surface area contributed by atoms with Crippen LogP contribution in [0.1, 0.15) is 11.3 Å². The van der Waals surface area contributed by atoms with Gasteiger partial charge in [-0.05, 0) is 17.7 Å². The maximum absolute atomic E-state index is 14.6. The summed E-state index contributed by atoms with van der Waals surface area (Å²) in [4.78, 5) is 0. The van der Waals surface area contributed by atoms with Crippen molar-refractivity contribution in [1.29, 1.82) is 0 Å². The number of ether oxygens (including phenoxy) is 2.